The van der Waals surface area contributed by atoms with Crippen molar-refractivity contribution in [2.45, 2.75) is 93.7 Å². The van der Waals surface area contributed by atoms with Crippen molar-refractivity contribution in [2.24, 2.45) is 17.2 Å². The molecule has 194 valence electrons. The van der Waals surface area contributed by atoms with Gasteiger partial charge in [0.05, 0.1) is 0 Å². The van der Waals surface area contributed by atoms with Gasteiger partial charge >= 0.3 is 0 Å². The molecule has 0 saturated carbocycles. The highest BCUT2D eigenvalue weighted by atomic mass is 14.9. The second-order valence-corrected chi connectivity index (χ2v) is 7.03. The Hall–Kier alpha value is -0.760. The van der Waals surface area contributed by atoms with Crippen LogP contribution in [0.5, 0.6) is 0 Å². The molecule has 0 unspecified atom stereocenters. The predicted octanol–water partition coefficient (Wildman–Crippen LogP) is 4.02. The van der Waals surface area contributed by atoms with Gasteiger partial charge in [-0.15, -0.1) is 13.2 Å². The van der Waals surface area contributed by atoms with Crippen LogP contribution in [0.2, 0.25) is 0 Å². The molecule has 9 N–H and O–H groups in total. The fourth-order valence-corrected chi connectivity index (χ4v) is 1.20. The van der Waals surface area contributed by atoms with Gasteiger partial charge in [0.2, 0.25) is 0 Å². The molecule has 0 rings (SSSR count). The van der Waals surface area contributed by atoms with E-state index in [1.54, 1.807) is 0 Å². The lowest BCUT2D eigenvalue weighted by atomic mass is 10.3. The first-order valence-electron chi connectivity index (χ1n) is 12.2. The van der Waals surface area contributed by atoms with Crippen molar-refractivity contribution in [3.05, 3.63) is 25.3 Å². The minimum absolute atomic E-state index is 0.625. The molecule has 0 aromatic rings. The summed E-state index contributed by atoms with van der Waals surface area (Å²) in [5, 5.41) is 9.47. The minimum Gasteiger partial charge on any atom is -0.330 e. The Balaban J connectivity index is -0.0000000617. The van der Waals surface area contributed by atoms with E-state index in [-0.39, 0.29) is 0 Å². The Morgan fingerprint density at radius 1 is 0.613 bits per heavy atom. The summed E-state index contributed by atoms with van der Waals surface area (Å²) in [7, 11) is 0. The molecule has 0 radical (unpaired) electrons. The van der Waals surface area contributed by atoms with Crippen molar-refractivity contribution in [3.63, 3.8) is 0 Å². The Morgan fingerprint density at radius 3 is 0.935 bits per heavy atom. The summed E-state index contributed by atoms with van der Waals surface area (Å²) in [6, 6.07) is 1.25. The standard InChI is InChI=1S/C6H15N.C6H11N.C4H11N.3C3H9N/c1-5(2)7-6(3)4;1-3-5-7-6-4-2;1-3-5-4-2;3*1-2-3-4/h5-7H,1-4H3;3-4,7H,1-2,5-6H2;5H,3-4H2,1-2H3;3*2-4H2,1H3. The molecular weight excluding hydrogens is 384 g/mol. The molecule has 0 bridgehead atoms. The molecule has 31 heavy (non-hydrogen) atoms. The van der Waals surface area contributed by atoms with Gasteiger partial charge in [-0.1, -0.05) is 74.5 Å². The van der Waals surface area contributed by atoms with Crippen LogP contribution in [-0.4, -0.2) is 57.9 Å². The Labute approximate surface area is 198 Å². The van der Waals surface area contributed by atoms with Crippen LogP contribution < -0.4 is 33.2 Å². The third kappa shape index (κ3) is 145. The first-order valence-corrected chi connectivity index (χ1v) is 12.2. The smallest absolute Gasteiger partial charge is 0.0135 e. The van der Waals surface area contributed by atoms with E-state index in [1.807, 2.05) is 12.2 Å². The van der Waals surface area contributed by atoms with Gasteiger partial charge in [0.25, 0.3) is 0 Å². The van der Waals surface area contributed by atoms with Crippen LogP contribution in [0.25, 0.3) is 0 Å². The van der Waals surface area contributed by atoms with Crippen molar-refractivity contribution in [3.8, 4) is 0 Å². The molecule has 0 aliphatic rings. The number of hydrogen-bond acceptors (Lipinski definition) is 6. The molecule has 0 aromatic carbocycles. The van der Waals surface area contributed by atoms with E-state index in [2.05, 4.69) is 91.4 Å². The average Bonchev–Trinajstić information content (AvgIpc) is 2.75. The number of rotatable bonds is 11. The van der Waals surface area contributed by atoms with E-state index in [1.165, 1.54) is 0 Å². The van der Waals surface area contributed by atoms with Gasteiger partial charge in [0, 0.05) is 25.2 Å². The molecule has 0 spiro atoms. The van der Waals surface area contributed by atoms with E-state index < -0.39 is 0 Å². The normalized spacial score (nSPS) is 8.58. The third-order valence-electron chi connectivity index (χ3n) is 2.61. The maximum atomic E-state index is 5.03. The number of nitrogens with two attached hydrogens (primary N) is 3. The van der Waals surface area contributed by atoms with Gasteiger partial charge < -0.3 is 33.2 Å². The van der Waals surface area contributed by atoms with Crippen LogP contribution in [-0.2, 0) is 0 Å². The van der Waals surface area contributed by atoms with Gasteiger partial charge in [-0.3, -0.25) is 0 Å². The van der Waals surface area contributed by atoms with Crippen LogP contribution in [0.3, 0.4) is 0 Å². The van der Waals surface area contributed by atoms with E-state index in [0.717, 1.165) is 65.1 Å². The lowest BCUT2D eigenvalue weighted by Gasteiger charge is -2.10. The highest BCUT2D eigenvalue weighted by Crippen LogP contribution is 1.80. The molecule has 0 heterocycles. The first kappa shape index (κ1) is 44.0. The zero-order valence-electron chi connectivity index (χ0n) is 23.0. The summed E-state index contributed by atoms with van der Waals surface area (Å²) in [4.78, 5) is 0. The number of hydrogen-bond donors (Lipinski definition) is 6. The Morgan fingerprint density at radius 2 is 0.871 bits per heavy atom. The van der Waals surface area contributed by atoms with Gasteiger partial charge in [-0.2, -0.15) is 0 Å². The lowest BCUT2D eigenvalue weighted by Crippen LogP contribution is -2.29. The summed E-state index contributed by atoms with van der Waals surface area (Å²) < 4.78 is 0. The Bertz CT molecular complexity index is 215. The third-order valence-corrected chi connectivity index (χ3v) is 2.61. The van der Waals surface area contributed by atoms with E-state index in [0.29, 0.717) is 12.1 Å². The van der Waals surface area contributed by atoms with E-state index >= 15 is 0 Å². The molecule has 6 heteroatoms. The van der Waals surface area contributed by atoms with Crippen molar-refractivity contribution in [1.29, 1.82) is 0 Å². The van der Waals surface area contributed by atoms with Crippen molar-refractivity contribution >= 4 is 0 Å². The average molecular weight is 449 g/mol. The van der Waals surface area contributed by atoms with Crippen LogP contribution in [0.15, 0.2) is 25.3 Å². The summed E-state index contributed by atoms with van der Waals surface area (Å²) in [6.45, 7) is 32.4. The number of nitrogens with one attached hydrogen (secondary N) is 3. The van der Waals surface area contributed by atoms with Crippen molar-refractivity contribution in [1.82, 2.24) is 16.0 Å². The summed E-state index contributed by atoms with van der Waals surface area (Å²) in [6.07, 6.45) is 6.94. The predicted molar refractivity (Wildman–Crippen MR) is 149 cm³/mol. The molecule has 0 saturated heterocycles. The fourth-order valence-electron chi connectivity index (χ4n) is 1.20. The molecule has 0 aromatic heterocycles. The highest BCUT2D eigenvalue weighted by Gasteiger charge is 1.92. The summed E-state index contributed by atoms with van der Waals surface area (Å²) in [5.41, 5.74) is 15.1. The second-order valence-electron chi connectivity index (χ2n) is 7.03. The topological polar surface area (TPSA) is 114 Å². The molecule has 0 aliphatic carbocycles. The zero-order chi connectivity index (χ0) is 25.8. The first-order chi connectivity index (χ1) is 14.7. The highest BCUT2D eigenvalue weighted by molar-refractivity contribution is 4.75. The van der Waals surface area contributed by atoms with Crippen LogP contribution in [0, 0.1) is 0 Å². The van der Waals surface area contributed by atoms with E-state index in [9.17, 15) is 0 Å². The van der Waals surface area contributed by atoms with Gasteiger partial charge in [0.15, 0.2) is 0 Å². The quantitative estimate of drug-likeness (QED) is 0.210. The van der Waals surface area contributed by atoms with Crippen LogP contribution in [0.1, 0.15) is 81.6 Å². The van der Waals surface area contributed by atoms with Crippen molar-refractivity contribution < 1.29 is 0 Å². The molecule has 0 atom stereocenters. The summed E-state index contributed by atoms with van der Waals surface area (Å²) in [5.74, 6) is 0. The molecule has 6 nitrogen and oxygen atoms in total. The maximum absolute atomic E-state index is 5.03. The van der Waals surface area contributed by atoms with Crippen LogP contribution in [0.4, 0.5) is 0 Å². The zero-order valence-corrected chi connectivity index (χ0v) is 23.0. The molecule has 0 aliphatic heterocycles. The van der Waals surface area contributed by atoms with Gasteiger partial charge in [-0.25, -0.2) is 0 Å². The fraction of sp³-hybridized carbons (Fsp3) is 0.840. The SMILES string of the molecule is C=CCNCC=C.CC(C)NC(C)C.CCCN.CCCN.CCCN.CCNCC. The second kappa shape index (κ2) is 56.9. The molecular formula is C25H64N6. The van der Waals surface area contributed by atoms with Crippen LogP contribution >= 0.6 is 0 Å². The largest absolute Gasteiger partial charge is 0.330 e. The minimum atomic E-state index is 0.625. The van der Waals surface area contributed by atoms with E-state index in [4.69, 9.17) is 17.2 Å². The lowest BCUT2D eigenvalue weighted by molar-refractivity contribution is 0.518. The summed E-state index contributed by atoms with van der Waals surface area (Å²) >= 11 is 0. The van der Waals surface area contributed by atoms with Gasteiger partial charge in [-0.05, 0) is 52.0 Å². The molecule has 0 amide bonds. The van der Waals surface area contributed by atoms with Crippen molar-refractivity contribution in [2.75, 3.05) is 45.8 Å². The monoisotopic (exact) mass is 449 g/mol. The van der Waals surface area contributed by atoms with Gasteiger partial charge in [0.1, 0.15) is 0 Å². The Kier molecular flexibility index (Phi) is 80.8. The molecule has 0 fully saturated rings. The maximum Gasteiger partial charge on any atom is 0.0135 e.